The average Bonchev–Trinajstić information content (AvgIpc) is 1.97. The number of hydrogen-bond acceptors (Lipinski definition) is 4. The molecule has 4 nitrogen and oxygen atoms in total. The third-order valence-electron chi connectivity index (χ3n) is 0.954. The molecule has 0 spiro atoms. The van der Waals surface area contributed by atoms with Gasteiger partial charge in [-0.1, -0.05) is 0 Å². The first-order valence-electron chi connectivity index (χ1n) is 3.56. The molecule has 0 fully saturated rings. The summed E-state index contributed by atoms with van der Waals surface area (Å²) >= 11 is 0. The first-order chi connectivity index (χ1) is 5.56. The van der Waals surface area contributed by atoms with Crippen LogP contribution in [0.5, 0.6) is 0 Å². The SMILES string of the molecule is CN(C)/C=C(C#N)/C=N\N(C)C.Cl. The van der Waals surface area contributed by atoms with Gasteiger partial charge in [-0.15, -0.1) is 12.4 Å². The van der Waals surface area contributed by atoms with Gasteiger partial charge in [-0.3, -0.25) is 0 Å². The molecule has 0 aliphatic heterocycles. The third kappa shape index (κ3) is 8.70. The molecule has 0 N–H and O–H groups in total. The fourth-order valence-electron chi connectivity index (χ4n) is 0.547. The highest BCUT2D eigenvalue weighted by Crippen LogP contribution is 1.90. The maximum atomic E-state index is 8.63. The van der Waals surface area contributed by atoms with Gasteiger partial charge < -0.3 is 9.91 Å². The minimum Gasteiger partial charge on any atom is -0.382 e. The van der Waals surface area contributed by atoms with Crippen LogP contribution in [0.25, 0.3) is 0 Å². The van der Waals surface area contributed by atoms with Crippen molar-refractivity contribution >= 4 is 18.6 Å². The lowest BCUT2D eigenvalue weighted by atomic mass is 10.3. The molecule has 0 aromatic rings. The van der Waals surface area contributed by atoms with Crippen molar-refractivity contribution in [2.45, 2.75) is 0 Å². The zero-order chi connectivity index (χ0) is 9.56. The van der Waals surface area contributed by atoms with Gasteiger partial charge in [0.15, 0.2) is 0 Å². The molecule has 0 unspecified atom stereocenters. The maximum absolute atomic E-state index is 8.63. The summed E-state index contributed by atoms with van der Waals surface area (Å²) in [6.45, 7) is 0. The molecule has 0 rings (SSSR count). The van der Waals surface area contributed by atoms with Gasteiger partial charge in [0.1, 0.15) is 6.07 Å². The molecule has 0 aliphatic rings. The minimum atomic E-state index is 0. The van der Waals surface area contributed by atoms with E-state index in [0.29, 0.717) is 5.57 Å². The van der Waals surface area contributed by atoms with Gasteiger partial charge in [-0.2, -0.15) is 10.4 Å². The molecule has 0 bridgehead atoms. The molecule has 0 heterocycles. The van der Waals surface area contributed by atoms with Gasteiger partial charge in [0.25, 0.3) is 0 Å². The Morgan fingerprint density at radius 2 is 1.85 bits per heavy atom. The first-order valence-corrected chi connectivity index (χ1v) is 3.56. The lowest BCUT2D eigenvalue weighted by Crippen LogP contribution is -2.05. The van der Waals surface area contributed by atoms with Gasteiger partial charge in [-0.05, 0) is 0 Å². The summed E-state index contributed by atoms with van der Waals surface area (Å²) in [6.07, 6.45) is 3.24. The van der Waals surface area contributed by atoms with E-state index in [2.05, 4.69) is 5.10 Å². The van der Waals surface area contributed by atoms with E-state index >= 15 is 0 Å². The Balaban J connectivity index is 0. The van der Waals surface area contributed by atoms with Crippen LogP contribution in [-0.4, -0.2) is 44.3 Å². The van der Waals surface area contributed by atoms with E-state index in [1.807, 2.05) is 20.2 Å². The zero-order valence-corrected chi connectivity index (χ0v) is 9.17. The molecule has 0 aromatic heterocycles. The summed E-state index contributed by atoms with van der Waals surface area (Å²) in [5, 5.41) is 14.2. The van der Waals surface area contributed by atoms with Gasteiger partial charge >= 0.3 is 0 Å². The second-order valence-corrected chi connectivity index (χ2v) is 2.75. The Kier molecular flexibility index (Phi) is 8.20. The van der Waals surface area contributed by atoms with Crippen LogP contribution in [0.3, 0.4) is 0 Å². The number of halogens is 1. The molecule has 0 saturated carbocycles. The normalized spacial score (nSPS) is 10.5. The van der Waals surface area contributed by atoms with Crippen molar-refractivity contribution < 1.29 is 0 Å². The van der Waals surface area contributed by atoms with Gasteiger partial charge in [-0.25, -0.2) is 0 Å². The zero-order valence-electron chi connectivity index (χ0n) is 8.35. The highest BCUT2D eigenvalue weighted by molar-refractivity contribution is 5.85. The summed E-state index contributed by atoms with van der Waals surface area (Å²) < 4.78 is 0. The van der Waals surface area contributed by atoms with E-state index in [4.69, 9.17) is 5.26 Å². The Morgan fingerprint density at radius 1 is 1.31 bits per heavy atom. The van der Waals surface area contributed by atoms with Gasteiger partial charge in [0, 0.05) is 34.4 Å². The van der Waals surface area contributed by atoms with Crippen molar-refractivity contribution in [2.75, 3.05) is 28.2 Å². The summed E-state index contributed by atoms with van der Waals surface area (Å²) in [5.74, 6) is 0. The second kappa shape index (κ2) is 7.44. The fourth-order valence-corrected chi connectivity index (χ4v) is 0.547. The van der Waals surface area contributed by atoms with Crippen molar-refractivity contribution in [3.8, 4) is 6.07 Å². The first kappa shape index (κ1) is 14.3. The lowest BCUT2D eigenvalue weighted by Gasteiger charge is -2.04. The predicted octanol–water partition coefficient (Wildman–Crippen LogP) is 0.925. The van der Waals surface area contributed by atoms with E-state index < -0.39 is 0 Å². The quantitative estimate of drug-likeness (QED) is 0.389. The summed E-state index contributed by atoms with van der Waals surface area (Å²) in [7, 11) is 7.34. The van der Waals surface area contributed by atoms with Crippen LogP contribution in [0.2, 0.25) is 0 Å². The molecule has 13 heavy (non-hydrogen) atoms. The number of hydrogen-bond donors (Lipinski definition) is 0. The molecule has 5 heteroatoms. The van der Waals surface area contributed by atoms with Crippen LogP contribution in [0.1, 0.15) is 0 Å². The van der Waals surface area contributed by atoms with E-state index in [-0.39, 0.29) is 12.4 Å². The van der Waals surface area contributed by atoms with E-state index in [1.54, 1.807) is 30.2 Å². The largest absolute Gasteiger partial charge is 0.382 e. The fraction of sp³-hybridized carbons (Fsp3) is 0.500. The highest BCUT2D eigenvalue weighted by Gasteiger charge is 1.90. The van der Waals surface area contributed by atoms with Crippen molar-refractivity contribution in [3.63, 3.8) is 0 Å². The predicted molar refractivity (Wildman–Crippen MR) is 56.8 cm³/mol. The molecule has 0 saturated heterocycles. The van der Waals surface area contributed by atoms with Gasteiger partial charge in [0.05, 0.1) is 11.8 Å². The van der Waals surface area contributed by atoms with E-state index in [9.17, 15) is 0 Å². The van der Waals surface area contributed by atoms with Crippen LogP contribution in [-0.2, 0) is 0 Å². The average molecular weight is 203 g/mol. The number of allylic oxidation sites excluding steroid dienone is 1. The standard InChI is InChI=1S/C8H14N4.ClH/c1-11(2)7-8(5-9)6-10-12(3)4;/h6-7H,1-4H3;1H/b8-7+,10-6-;. The number of nitriles is 1. The number of nitrogens with zero attached hydrogens (tertiary/aromatic N) is 4. The number of hydrazone groups is 1. The monoisotopic (exact) mass is 202 g/mol. The lowest BCUT2D eigenvalue weighted by molar-refractivity contribution is 0.440. The second-order valence-electron chi connectivity index (χ2n) is 2.75. The molecular weight excluding hydrogens is 188 g/mol. The summed E-state index contributed by atoms with van der Waals surface area (Å²) in [5.41, 5.74) is 0.536. The van der Waals surface area contributed by atoms with Crippen LogP contribution in [0.4, 0.5) is 0 Å². The molecule has 0 amide bonds. The van der Waals surface area contributed by atoms with Crippen LogP contribution in [0.15, 0.2) is 16.9 Å². The van der Waals surface area contributed by atoms with Crippen molar-refractivity contribution in [1.82, 2.24) is 9.91 Å². The molecule has 74 valence electrons. The summed E-state index contributed by atoms with van der Waals surface area (Å²) in [4.78, 5) is 1.81. The molecular formula is C8H15ClN4. The van der Waals surface area contributed by atoms with E-state index in [1.165, 1.54) is 6.21 Å². The van der Waals surface area contributed by atoms with Crippen molar-refractivity contribution in [2.24, 2.45) is 5.10 Å². The van der Waals surface area contributed by atoms with Crippen molar-refractivity contribution in [1.29, 1.82) is 5.26 Å². The molecule has 0 atom stereocenters. The number of rotatable bonds is 3. The Labute approximate surface area is 85.5 Å². The van der Waals surface area contributed by atoms with Crippen LogP contribution < -0.4 is 0 Å². The topological polar surface area (TPSA) is 42.6 Å². The molecule has 0 radical (unpaired) electrons. The van der Waals surface area contributed by atoms with E-state index in [0.717, 1.165) is 0 Å². The third-order valence-corrected chi connectivity index (χ3v) is 0.954. The maximum Gasteiger partial charge on any atom is 0.102 e. The van der Waals surface area contributed by atoms with Crippen LogP contribution >= 0.6 is 12.4 Å². The van der Waals surface area contributed by atoms with Crippen molar-refractivity contribution in [3.05, 3.63) is 11.8 Å². The smallest absolute Gasteiger partial charge is 0.102 e. The minimum absolute atomic E-state index is 0. The molecule has 0 aromatic carbocycles. The molecule has 0 aliphatic carbocycles. The Bertz CT molecular complexity index is 225. The highest BCUT2D eigenvalue weighted by atomic mass is 35.5. The van der Waals surface area contributed by atoms with Gasteiger partial charge in [0.2, 0.25) is 0 Å². The Hall–Kier alpha value is -1.21. The Morgan fingerprint density at radius 3 is 2.15 bits per heavy atom. The van der Waals surface area contributed by atoms with Crippen LogP contribution in [0, 0.1) is 11.3 Å². The summed E-state index contributed by atoms with van der Waals surface area (Å²) in [6, 6.07) is 2.03.